The van der Waals surface area contributed by atoms with E-state index in [1.807, 2.05) is 0 Å². The van der Waals surface area contributed by atoms with Gasteiger partial charge < -0.3 is 38.6 Å². The maximum atomic E-state index is 13.5. The zero-order valence-electron chi connectivity index (χ0n) is 27.2. The first-order valence-corrected chi connectivity index (χ1v) is 15.7. The third kappa shape index (κ3) is 10.0. The molecular formula is C32H27Br3F6MgN8O2. The van der Waals surface area contributed by atoms with E-state index in [0.29, 0.717) is 55.1 Å². The van der Waals surface area contributed by atoms with Gasteiger partial charge in [-0.25, -0.2) is 18.7 Å². The Kier molecular flexibility index (Phi) is 17.0. The summed E-state index contributed by atoms with van der Waals surface area (Å²) in [4.78, 5) is 19.6. The first kappa shape index (κ1) is 44.9. The fourth-order valence-electron chi connectivity index (χ4n) is 4.90. The van der Waals surface area contributed by atoms with Crippen LogP contribution in [0.4, 0.5) is 26.3 Å². The average molecular weight is 934 g/mol. The van der Waals surface area contributed by atoms with Crippen LogP contribution < -0.4 is 17.0 Å². The van der Waals surface area contributed by atoms with E-state index in [9.17, 15) is 36.2 Å². The molecule has 1 atom stereocenters. The maximum Gasteiger partial charge on any atom is 2.00 e. The number of aldehydes is 1. The molecule has 0 aliphatic heterocycles. The fraction of sp³-hybridized carbons (Fsp3) is 0.188. The molecule has 0 aliphatic carbocycles. The quantitative estimate of drug-likeness (QED) is 0.0886. The molecule has 0 aliphatic rings. The Hall–Kier alpha value is -3.30. The van der Waals surface area contributed by atoms with Crippen LogP contribution in [0.5, 0.6) is 0 Å². The van der Waals surface area contributed by atoms with Crippen molar-refractivity contribution in [2.75, 3.05) is 0 Å². The molecule has 272 valence electrons. The van der Waals surface area contributed by atoms with E-state index in [1.54, 1.807) is 27.7 Å². The second-order valence-electron chi connectivity index (χ2n) is 10.4. The van der Waals surface area contributed by atoms with Gasteiger partial charge in [0, 0.05) is 52.6 Å². The average Bonchev–Trinajstić information content (AvgIpc) is 3.87. The summed E-state index contributed by atoms with van der Waals surface area (Å²) in [5.74, 6) is -0.0694. The van der Waals surface area contributed by atoms with Gasteiger partial charge in [-0.1, -0.05) is 0 Å². The van der Waals surface area contributed by atoms with Gasteiger partial charge >= 0.3 is 36.2 Å². The van der Waals surface area contributed by atoms with Crippen molar-refractivity contribution in [3.8, 4) is 22.8 Å². The van der Waals surface area contributed by atoms with E-state index < -0.39 is 30.8 Å². The van der Waals surface area contributed by atoms with Crippen LogP contribution in [0.2, 0.25) is 0 Å². The molecule has 0 spiro atoms. The van der Waals surface area contributed by atoms with Crippen molar-refractivity contribution in [2.45, 2.75) is 39.2 Å². The number of hydrogen-bond acceptors (Lipinski definition) is 6. The van der Waals surface area contributed by atoms with Gasteiger partial charge in [0.25, 0.3) is 0 Å². The molecule has 20 heteroatoms. The number of aliphatic hydroxyl groups excluding tert-OH is 1. The minimum absolute atomic E-state index is 0. The van der Waals surface area contributed by atoms with E-state index in [0.717, 1.165) is 6.07 Å². The Labute approximate surface area is 337 Å². The predicted molar refractivity (Wildman–Crippen MR) is 184 cm³/mol. The number of benzene rings is 2. The second kappa shape index (κ2) is 19.7. The predicted octanol–water partition coefficient (Wildman–Crippen LogP) is 5.12. The third-order valence-corrected chi connectivity index (χ3v) is 8.92. The molecule has 0 bridgehead atoms. The number of rotatable bonds is 10. The molecule has 6 aromatic rings. The fourth-order valence-corrected chi connectivity index (χ4v) is 5.85. The summed E-state index contributed by atoms with van der Waals surface area (Å²) in [7, 11) is 0. The van der Waals surface area contributed by atoms with Crippen molar-refractivity contribution >= 4 is 61.2 Å². The van der Waals surface area contributed by atoms with Crippen LogP contribution in [0.25, 0.3) is 22.8 Å². The number of alkyl halides is 4. The Morgan fingerprint density at radius 3 is 1.65 bits per heavy atom. The molecule has 0 saturated carbocycles. The largest absolute Gasteiger partial charge is 2.00 e. The second-order valence-corrected chi connectivity index (χ2v) is 11.9. The molecule has 4 heterocycles. The van der Waals surface area contributed by atoms with Gasteiger partial charge in [-0.05, 0) is 80.7 Å². The number of aromatic nitrogens is 8. The number of carbonyl (C=O) groups excluding carboxylic acids is 1. The molecule has 52 heavy (non-hydrogen) atoms. The van der Waals surface area contributed by atoms with E-state index in [-0.39, 0.29) is 75.3 Å². The number of carbonyl (C=O) groups is 1. The van der Waals surface area contributed by atoms with Crippen LogP contribution in [0.3, 0.4) is 0 Å². The molecule has 0 amide bonds. The van der Waals surface area contributed by atoms with Crippen molar-refractivity contribution in [1.82, 2.24) is 38.7 Å². The van der Waals surface area contributed by atoms with Gasteiger partial charge in [0.15, 0.2) is 6.29 Å². The summed E-state index contributed by atoms with van der Waals surface area (Å²) < 4.78 is 82.9. The normalized spacial score (nSPS) is 11.3. The minimum atomic E-state index is -2.76. The Morgan fingerprint density at radius 1 is 0.788 bits per heavy atom. The molecule has 1 unspecified atom stereocenters. The summed E-state index contributed by atoms with van der Waals surface area (Å²) >= 11 is 6.22. The summed E-state index contributed by atoms with van der Waals surface area (Å²) in [5, 5.41) is 17.2. The first-order valence-electron chi connectivity index (χ1n) is 14.1. The molecule has 1 N–H and O–H groups in total. The van der Waals surface area contributed by atoms with Gasteiger partial charge in [-0.15, -0.1) is 0 Å². The summed E-state index contributed by atoms with van der Waals surface area (Å²) in [6, 6.07) is 7.87. The SMILES string of the molecule is CC(O)c1cc(F)ccc1-c1nccn1Cc1cnn(C(F)F)c1Br.O=Cc1cc(F)ccc1-c1nccn1Cc1cnn(C(F)F)c1Br.[Br-].[CH3-].[Mg+2]. The summed E-state index contributed by atoms with van der Waals surface area (Å²) in [6.45, 7) is -3.52. The van der Waals surface area contributed by atoms with E-state index in [2.05, 4.69) is 52.0 Å². The molecule has 0 radical (unpaired) electrons. The third-order valence-electron chi connectivity index (χ3n) is 7.18. The molecule has 0 saturated heterocycles. The molecule has 2 aromatic carbocycles. The van der Waals surface area contributed by atoms with E-state index in [1.165, 1.54) is 55.8 Å². The van der Waals surface area contributed by atoms with Crippen molar-refractivity contribution in [1.29, 1.82) is 0 Å². The number of aliphatic hydroxyl groups is 1. The molecule has 4 aromatic heterocycles. The molecule has 10 nitrogen and oxygen atoms in total. The first-order chi connectivity index (χ1) is 23.4. The van der Waals surface area contributed by atoms with Gasteiger partial charge in [0.2, 0.25) is 0 Å². The number of halogens is 9. The van der Waals surface area contributed by atoms with Crippen LogP contribution in [-0.2, 0) is 13.1 Å². The Morgan fingerprint density at radius 2 is 1.23 bits per heavy atom. The smallest absolute Gasteiger partial charge is 1.00 e. The summed E-state index contributed by atoms with van der Waals surface area (Å²) in [5.41, 5.74) is 2.64. The van der Waals surface area contributed by atoms with Crippen LogP contribution in [0.1, 0.15) is 53.2 Å². The summed E-state index contributed by atoms with van der Waals surface area (Å²) in [6.07, 6.45) is 8.71. The van der Waals surface area contributed by atoms with Crippen molar-refractivity contribution < 1.29 is 53.2 Å². The monoisotopic (exact) mass is 930 g/mol. The van der Waals surface area contributed by atoms with Gasteiger partial charge in [-0.3, -0.25) is 4.79 Å². The Bertz CT molecular complexity index is 2090. The van der Waals surface area contributed by atoms with E-state index in [4.69, 9.17) is 0 Å². The van der Waals surface area contributed by atoms with Crippen LogP contribution >= 0.6 is 31.9 Å². The Balaban J connectivity index is 0.000000341. The van der Waals surface area contributed by atoms with Crippen molar-refractivity contribution in [2.24, 2.45) is 0 Å². The zero-order valence-corrected chi connectivity index (χ0v) is 33.4. The van der Waals surface area contributed by atoms with Crippen LogP contribution in [0.15, 0.2) is 82.8 Å². The van der Waals surface area contributed by atoms with Crippen molar-refractivity contribution in [3.63, 3.8) is 0 Å². The van der Waals surface area contributed by atoms with Crippen molar-refractivity contribution in [3.05, 3.63) is 124 Å². The molecule has 6 rings (SSSR count). The standard InChI is InChI=1S/C16H14BrF3N4O.C15H10BrF3N4O.CH3.BrH.Mg/c1-9(25)13-6-11(18)2-3-12(13)15-21-4-5-23(15)8-10-7-22-24(14(10)17)16(19)20;16-13-10(6-21-23(13)15(18)19)7-22-4-3-20-14(22)12-2-1-11(17)5-9(12)8-24;;;/h2-7,9,16,25H,8H2,1H3;1-6,8,15H,7H2;1H3;1H;/q;;-1;;+2/p-1. The zero-order chi connectivity index (χ0) is 35.4. The van der Waals surface area contributed by atoms with Crippen LogP contribution in [-0.4, -0.2) is 73.1 Å². The minimum Gasteiger partial charge on any atom is -1.00 e. The van der Waals surface area contributed by atoms with Gasteiger partial charge in [0.05, 0.1) is 31.6 Å². The molecular weight excluding hydrogens is 906 g/mol. The molecule has 0 fully saturated rings. The van der Waals surface area contributed by atoms with E-state index >= 15 is 0 Å². The van der Waals surface area contributed by atoms with Crippen LogP contribution in [0, 0.1) is 19.1 Å². The van der Waals surface area contributed by atoms with Gasteiger partial charge in [0.1, 0.15) is 32.5 Å². The number of nitrogens with zero attached hydrogens (tertiary/aromatic N) is 8. The number of imidazole rings is 2. The number of hydrogen-bond donors (Lipinski definition) is 1. The topological polar surface area (TPSA) is 109 Å². The van der Waals surface area contributed by atoms with Gasteiger partial charge in [-0.2, -0.15) is 37.1 Å². The maximum absolute atomic E-state index is 13.5.